The van der Waals surface area contributed by atoms with Gasteiger partial charge in [0.05, 0.1) is 5.69 Å². The molecule has 3 nitrogen and oxygen atoms in total. The van der Waals surface area contributed by atoms with Crippen molar-refractivity contribution in [2.75, 3.05) is 5.73 Å². The molecule has 0 spiro atoms. The summed E-state index contributed by atoms with van der Waals surface area (Å²) in [6.07, 6.45) is 0.903. The lowest BCUT2D eigenvalue weighted by molar-refractivity contribution is 0.649. The van der Waals surface area contributed by atoms with Gasteiger partial charge < -0.3 is 5.73 Å². The zero-order valence-corrected chi connectivity index (χ0v) is 13.2. The number of anilines is 1. The summed E-state index contributed by atoms with van der Waals surface area (Å²) in [6.45, 7) is 4.33. The Labute approximate surface area is 125 Å². The van der Waals surface area contributed by atoms with Gasteiger partial charge in [0.15, 0.2) is 0 Å². The number of nitrogen functional groups attached to an aromatic ring is 1. The van der Waals surface area contributed by atoms with Crippen molar-refractivity contribution in [3.8, 4) is 11.3 Å². The predicted molar refractivity (Wildman–Crippen MR) is 84.7 cm³/mol. The number of nitrogens with two attached hydrogens (primary N) is 1. The second kappa shape index (κ2) is 5.48. The standard InChI is InChI=1S/C13H15ClIN3/c1-7(2)5-10-12(17-18-13(10)16)9-6-8(14)3-4-11(9)15/h3-4,6-7H,5H2,1-2H3,(H3,16,17,18). The molecule has 1 heterocycles. The van der Waals surface area contributed by atoms with Crippen LogP contribution in [0.15, 0.2) is 18.2 Å². The van der Waals surface area contributed by atoms with Gasteiger partial charge in [-0.15, -0.1) is 0 Å². The van der Waals surface area contributed by atoms with Crippen molar-refractivity contribution in [2.45, 2.75) is 20.3 Å². The summed E-state index contributed by atoms with van der Waals surface area (Å²) in [6, 6.07) is 5.82. The molecule has 96 valence electrons. The summed E-state index contributed by atoms with van der Waals surface area (Å²) in [5.41, 5.74) is 9.05. The summed E-state index contributed by atoms with van der Waals surface area (Å²) >= 11 is 8.36. The van der Waals surface area contributed by atoms with E-state index in [-0.39, 0.29) is 0 Å². The molecule has 0 saturated carbocycles. The second-order valence-electron chi connectivity index (χ2n) is 4.68. The first kappa shape index (κ1) is 13.7. The summed E-state index contributed by atoms with van der Waals surface area (Å²) in [7, 11) is 0. The van der Waals surface area contributed by atoms with Crippen molar-refractivity contribution in [1.82, 2.24) is 10.2 Å². The molecule has 5 heteroatoms. The average Bonchev–Trinajstić information content (AvgIpc) is 2.64. The summed E-state index contributed by atoms with van der Waals surface area (Å²) in [5, 5.41) is 7.87. The third-order valence-corrected chi connectivity index (χ3v) is 3.89. The molecule has 3 N–H and O–H groups in total. The maximum Gasteiger partial charge on any atom is 0.149 e. The van der Waals surface area contributed by atoms with Gasteiger partial charge in [0, 0.05) is 19.7 Å². The van der Waals surface area contributed by atoms with Crippen LogP contribution in [0.2, 0.25) is 5.02 Å². The van der Waals surface area contributed by atoms with Crippen molar-refractivity contribution in [3.05, 3.63) is 32.4 Å². The summed E-state index contributed by atoms with van der Waals surface area (Å²) in [5.74, 6) is 1.11. The molecule has 1 aromatic carbocycles. The number of H-pyrrole nitrogens is 1. The Kier molecular flexibility index (Phi) is 4.17. The number of benzene rings is 1. The zero-order chi connectivity index (χ0) is 13.3. The van der Waals surface area contributed by atoms with E-state index in [1.165, 1.54) is 0 Å². The van der Waals surface area contributed by atoms with Crippen LogP contribution >= 0.6 is 34.2 Å². The molecular weight excluding hydrogens is 361 g/mol. The molecule has 0 unspecified atom stereocenters. The predicted octanol–water partition coefficient (Wildman–Crippen LogP) is 4.12. The normalized spacial score (nSPS) is 11.2. The van der Waals surface area contributed by atoms with Gasteiger partial charge in [-0.1, -0.05) is 25.4 Å². The van der Waals surface area contributed by atoms with Crippen LogP contribution in [0.4, 0.5) is 5.82 Å². The highest BCUT2D eigenvalue weighted by Crippen LogP contribution is 2.32. The minimum Gasteiger partial charge on any atom is -0.382 e. The molecule has 0 fully saturated rings. The number of aromatic amines is 1. The third-order valence-electron chi connectivity index (χ3n) is 2.71. The van der Waals surface area contributed by atoms with Gasteiger partial charge in [0.1, 0.15) is 5.82 Å². The molecular formula is C13H15ClIN3. The molecule has 0 aliphatic rings. The third kappa shape index (κ3) is 2.80. The van der Waals surface area contributed by atoms with Crippen LogP contribution in [-0.2, 0) is 6.42 Å². The highest BCUT2D eigenvalue weighted by Gasteiger charge is 2.16. The van der Waals surface area contributed by atoms with Gasteiger partial charge in [-0.3, -0.25) is 5.10 Å². The maximum atomic E-state index is 6.06. The highest BCUT2D eigenvalue weighted by molar-refractivity contribution is 14.1. The largest absolute Gasteiger partial charge is 0.382 e. The van der Waals surface area contributed by atoms with E-state index in [9.17, 15) is 0 Å². The van der Waals surface area contributed by atoms with E-state index >= 15 is 0 Å². The first-order valence-corrected chi connectivity index (χ1v) is 7.23. The Balaban J connectivity index is 2.53. The van der Waals surface area contributed by atoms with Crippen molar-refractivity contribution in [3.63, 3.8) is 0 Å². The van der Waals surface area contributed by atoms with Gasteiger partial charge in [-0.05, 0) is 53.1 Å². The minimum atomic E-state index is 0.528. The zero-order valence-electron chi connectivity index (χ0n) is 10.3. The Morgan fingerprint density at radius 3 is 2.83 bits per heavy atom. The monoisotopic (exact) mass is 375 g/mol. The Morgan fingerprint density at radius 2 is 2.17 bits per heavy atom. The fourth-order valence-corrected chi connectivity index (χ4v) is 2.68. The van der Waals surface area contributed by atoms with E-state index in [1.807, 2.05) is 18.2 Å². The molecule has 2 rings (SSSR count). The van der Waals surface area contributed by atoms with Gasteiger partial charge in [0.25, 0.3) is 0 Å². The number of hydrogen-bond acceptors (Lipinski definition) is 2. The van der Waals surface area contributed by atoms with Crippen LogP contribution in [-0.4, -0.2) is 10.2 Å². The van der Waals surface area contributed by atoms with Gasteiger partial charge >= 0.3 is 0 Å². The number of hydrogen-bond donors (Lipinski definition) is 2. The molecule has 0 amide bonds. The summed E-state index contributed by atoms with van der Waals surface area (Å²) < 4.78 is 1.13. The van der Waals surface area contributed by atoms with E-state index in [4.69, 9.17) is 17.3 Å². The fourth-order valence-electron chi connectivity index (χ4n) is 1.91. The number of rotatable bonds is 3. The molecule has 0 bridgehead atoms. The van der Waals surface area contributed by atoms with Crippen LogP contribution in [0.25, 0.3) is 11.3 Å². The Morgan fingerprint density at radius 1 is 1.44 bits per heavy atom. The molecule has 0 atom stereocenters. The first-order valence-electron chi connectivity index (χ1n) is 5.77. The molecule has 0 saturated heterocycles. The SMILES string of the molecule is CC(C)Cc1c(N)n[nH]c1-c1cc(Cl)ccc1I. The molecule has 0 radical (unpaired) electrons. The van der Waals surface area contributed by atoms with Crippen molar-refractivity contribution >= 4 is 40.0 Å². The van der Waals surface area contributed by atoms with Crippen LogP contribution in [0.3, 0.4) is 0 Å². The van der Waals surface area contributed by atoms with Gasteiger partial charge in [-0.25, -0.2) is 0 Å². The van der Waals surface area contributed by atoms with E-state index in [0.717, 1.165) is 26.8 Å². The van der Waals surface area contributed by atoms with Crippen molar-refractivity contribution in [1.29, 1.82) is 0 Å². The fraction of sp³-hybridized carbons (Fsp3) is 0.308. The van der Waals surface area contributed by atoms with Gasteiger partial charge in [-0.2, -0.15) is 5.10 Å². The molecule has 18 heavy (non-hydrogen) atoms. The smallest absolute Gasteiger partial charge is 0.149 e. The lowest BCUT2D eigenvalue weighted by Gasteiger charge is -2.09. The molecule has 2 aromatic rings. The molecule has 1 aromatic heterocycles. The lowest BCUT2D eigenvalue weighted by atomic mass is 9.99. The van der Waals surface area contributed by atoms with E-state index in [0.29, 0.717) is 16.8 Å². The number of nitrogens with zero attached hydrogens (tertiary/aromatic N) is 1. The number of halogens is 2. The highest BCUT2D eigenvalue weighted by atomic mass is 127. The van der Waals surface area contributed by atoms with Crippen LogP contribution < -0.4 is 5.73 Å². The second-order valence-corrected chi connectivity index (χ2v) is 6.28. The molecule has 0 aliphatic heterocycles. The Hall–Kier alpha value is -0.750. The number of aromatic nitrogens is 2. The minimum absolute atomic E-state index is 0.528. The quantitative estimate of drug-likeness (QED) is 0.793. The Bertz CT molecular complexity index is 563. The van der Waals surface area contributed by atoms with Crippen molar-refractivity contribution in [2.24, 2.45) is 5.92 Å². The topological polar surface area (TPSA) is 54.7 Å². The van der Waals surface area contributed by atoms with Crippen LogP contribution in [0.1, 0.15) is 19.4 Å². The maximum absolute atomic E-state index is 6.06. The number of nitrogens with one attached hydrogen (secondary N) is 1. The first-order chi connectivity index (χ1) is 8.49. The average molecular weight is 376 g/mol. The van der Waals surface area contributed by atoms with Crippen LogP contribution in [0, 0.1) is 9.49 Å². The van der Waals surface area contributed by atoms with Crippen LogP contribution in [0.5, 0.6) is 0 Å². The van der Waals surface area contributed by atoms with E-state index in [1.54, 1.807) is 0 Å². The van der Waals surface area contributed by atoms with Crippen molar-refractivity contribution < 1.29 is 0 Å². The van der Waals surface area contributed by atoms with E-state index in [2.05, 4.69) is 46.6 Å². The molecule has 0 aliphatic carbocycles. The van der Waals surface area contributed by atoms with E-state index < -0.39 is 0 Å². The van der Waals surface area contributed by atoms with Gasteiger partial charge in [0.2, 0.25) is 0 Å². The summed E-state index contributed by atoms with van der Waals surface area (Å²) in [4.78, 5) is 0. The lowest BCUT2D eigenvalue weighted by Crippen LogP contribution is -1.99.